The second-order valence-electron chi connectivity index (χ2n) is 4.91. The zero-order chi connectivity index (χ0) is 15.1. The number of carbonyl (C=O) groups excluding carboxylic acids is 1. The molecular formula is C16H21N3OS. The van der Waals surface area contributed by atoms with E-state index in [4.69, 9.17) is 0 Å². The summed E-state index contributed by atoms with van der Waals surface area (Å²) in [5.41, 5.74) is 0.678. The van der Waals surface area contributed by atoms with Gasteiger partial charge in [-0.1, -0.05) is 13.0 Å². The number of nitrogens with one attached hydrogen (secondary N) is 1. The minimum absolute atomic E-state index is 0.0357. The van der Waals surface area contributed by atoms with E-state index in [0.29, 0.717) is 5.56 Å². The Labute approximate surface area is 129 Å². The Balaban J connectivity index is 1.94. The summed E-state index contributed by atoms with van der Waals surface area (Å²) < 4.78 is 0. The van der Waals surface area contributed by atoms with Gasteiger partial charge in [0, 0.05) is 36.8 Å². The standard InChI is InChI=1S/C16H21N3OS/c1-3-8-17-15-12-13(6-9-18-15)16(20)19(2)10-7-14-5-4-11-21-14/h4-6,9,11-12H,3,7-8,10H2,1-2H3,(H,17,18). The Hall–Kier alpha value is -1.88. The highest BCUT2D eigenvalue weighted by Crippen LogP contribution is 2.12. The number of likely N-dealkylation sites (N-methyl/N-ethyl adjacent to an activating group) is 1. The molecule has 0 bridgehead atoms. The van der Waals surface area contributed by atoms with Crippen molar-refractivity contribution >= 4 is 23.1 Å². The number of carbonyl (C=O) groups is 1. The van der Waals surface area contributed by atoms with Crippen molar-refractivity contribution in [1.29, 1.82) is 0 Å². The molecular weight excluding hydrogens is 282 g/mol. The van der Waals surface area contributed by atoms with Gasteiger partial charge in [-0.3, -0.25) is 4.79 Å². The van der Waals surface area contributed by atoms with Crippen molar-refractivity contribution in [2.24, 2.45) is 0 Å². The summed E-state index contributed by atoms with van der Waals surface area (Å²) >= 11 is 1.73. The van der Waals surface area contributed by atoms with E-state index in [1.54, 1.807) is 28.5 Å². The van der Waals surface area contributed by atoms with Gasteiger partial charge in [0.25, 0.3) is 5.91 Å². The number of thiophene rings is 1. The van der Waals surface area contributed by atoms with Crippen LogP contribution in [0.15, 0.2) is 35.8 Å². The smallest absolute Gasteiger partial charge is 0.253 e. The predicted octanol–water partition coefficient (Wildman–Crippen LogP) is 3.28. The number of amides is 1. The lowest BCUT2D eigenvalue weighted by Gasteiger charge is -2.17. The molecule has 0 aliphatic rings. The molecule has 1 N–H and O–H groups in total. The van der Waals surface area contributed by atoms with Gasteiger partial charge in [0.05, 0.1) is 0 Å². The van der Waals surface area contributed by atoms with Crippen molar-refractivity contribution in [1.82, 2.24) is 9.88 Å². The van der Waals surface area contributed by atoms with E-state index in [0.717, 1.165) is 31.7 Å². The van der Waals surface area contributed by atoms with Crippen LogP contribution in [0, 0.1) is 0 Å². The topological polar surface area (TPSA) is 45.2 Å². The van der Waals surface area contributed by atoms with Crippen LogP contribution in [-0.4, -0.2) is 35.9 Å². The van der Waals surface area contributed by atoms with Gasteiger partial charge in [-0.15, -0.1) is 11.3 Å². The van der Waals surface area contributed by atoms with Crippen molar-refractivity contribution in [2.45, 2.75) is 19.8 Å². The predicted molar refractivity (Wildman–Crippen MR) is 88.0 cm³/mol. The van der Waals surface area contributed by atoms with Crippen LogP contribution in [0.3, 0.4) is 0 Å². The molecule has 4 nitrogen and oxygen atoms in total. The number of pyridine rings is 1. The third-order valence-electron chi connectivity index (χ3n) is 3.18. The Morgan fingerprint density at radius 2 is 2.29 bits per heavy atom. The summed E-state index contributed by atoms with van der Waals surface area (Å²) in [5.74, 6) is 0.794. The molecule has 0 spiro atoms. The van der Waals surface area contributed by atoms with Gasteiger partial charge in [0.1, 0.15) is 5.82 Å². The molecule has 2 aromatic heterocycles. The van der Waals surface area contributed by atoms with E-state index >= 15 is 0 Å². The Morgan fingerprint density at radius 1 is 1.43 bits per heavy atom. The first-order valence-electron chi connectivity index (χ1n) is 7.18. The van der Waals surface area contributed by atoms with Crippen LogP contribution in [0.25, 0.3) is 0 Å². The number of aromatic nitrogens is 1. The maximum absolute atomic E-state index is 12.4. The molecule has 1 amide bonds. The summed E-state index contributed by atoms with van der Waals surface area (Å²) in [5, 5.41) is 5.26. The summed E-state index contributed by atoms with van der Waals surface area (Å²) in [6, 6.07) is 7.72. The fraction of sp³-hybridized carbons (Fsp3) is 0.375. The van der Waals surface area contributed by atoms with E-state index in [1.807, 2.05) is 19.2 Å². The van der Waals surface area contributed by atoms with E-state index < -0.39 is 0 Å². The molecule has 2 heterocycles. The largest absolute Gasteiger partial charge is 0.370 e. The van der Waals surface area contributed by atoms with E-state index in [2.05, 4.69) is 28.7 Å². The maximum Gasteiger partial charge on any atom is 0.253 e. The zero-order valence-corrected chi connectivity index (χ0v) is 13.3. The minimum Gasteiger partial charge on any atom is -0.370 e. The SMILES string of the molecule is CCCNc1cc(C(=O)N(C)CCc2cccs2)ccn1. The molecule has 21 heavy (non-hydrogen) atoms. The second kappa shape index (κ2) is 7.78. The number of nitrogens with zero attached hydrogens (tertiary/aromatic N) is 2. The first-order chi connectivity index (χ1) is 10.2. The lowest BCUT2D eigenvalue weighted by atomic mass is 10.2. The molecule has 2 rings (SSSR count). The molecule has 0 saturated carbocycles. The monoisotopic (exact) mass is 303 g/mol. The van der Waals surface area contributed by atoms with Crippen molar-refractivity contribution in [3.05, 3.63) is 46.3 Å². The Kier molecular flexibility index (Phi) is 5.75. The van der Waals surface area contributed by atoms with Gasteiger partial charge >= 0.3 is 0 Å². The highest BCUT2D eigenvalue weighted by Gasteiger charge is 2.12. The molecule has 0 atom stereocenters. The second-order valence-corrected chi connectivity index (χ2v) is 5.94. The first-order valence-corrected chi connectivity index (χ1v) is 8.06. The quantitative estimate of drug-likeness (QED) is 0.854. The van der Waals surface area contributed by atoms with Gasteiger partial charge in [0.15, 0.2) is 0 Å². The van der Waals surface area contributed by atoms with Gasteiger partial charge in [0.2, 0.25) is 0 Å². The number of rotatable bonds is 7. The molecule has 0 aliphatic carbocycles. The first kappa shape index (κ1) is 15.5. The fourth-order valence-electron chi connectivity index (χ4n) is 1.97. The fourth-order valence-corrected chi connectivity index (χ4v) is 2.67. The van der Waals surface area contributed by atoms with Crippen molar-refractivity contribution in [2.75, 3.05) is 25.5 Å². The molecule has 0 saturated heterocycles. The van der Waals surface area contributed by atoms with Crippen LogP contribution in [0.2, 0.25) is 0 Å². The van der Waals surface area contributed by atoms with Crippen molar-refractivity contribution < 1.29 is 4.79 Å². The maximum atomic E-state index is 12.4. The van der Waals surface area contributed by atoms with E-state index in [1.165, 1.54) is 4.88 Å². The van der Waals surface area contributed by atoms with Crippen LogP contribution in [0.4, 0.5) is 5.82 Å². The lowest BCUT2D eigenvalue weighted by molar-refractivity contribution is 0.0797. The third-order valence-corrected chi connectivity index (χ3v) is 4.12. The van der Waals surface area contributed by atoms with Gasteiger partial charge < -0.3 is 10.2 Å². The highest BCUT2D eigenvalue weighted by molar-refractivity contribution is 7.09. The van der Waals surface area contributed by atoms with Gasteiger partial charge in [-0.25, -0.2) is 4.98 Å². The minimum atomic E-state index is 0.0357. The Morgan fingerprint density at radius 3 is 3.00 bits per heavy atom. The van der Waals surface area contributed by atoms with Crippen LogP contribution < -0.4 is 5.32 Å². The van der Waals surface area contributed by atoms with Crippen LogP contribution >= 0.6 is 11.3 Å². The zero-order valence-electron chi connectivity index (χ0n) is 12.5. The molecule has 0 unspecified atom stereocenters. The molecule has 5 heteroatoms. The van der Waals surface area contributed by atoms with Crippen molar-refractivity contribution in [3.8, 4) is 0 Å². The molecule has 0 radical (unpaired) electrons. The summed E-state index contributed by atoms with van der Waals surface area (Å²) in [6.45, 7) is 3.68. The Bertz CT molecular complexity index is 569. The van der Waals surface area contributed by atoms with Crippen LogP contribution in [0.5, 0.6) is 0 Å². The molecule has 0 fully saturated rings. The number of hydrogen-bond acceptors (Lipinski definition) is 4. The molecule has 2 aromatic rings. The van der Waals surface area contributed by atoms with Crippen molar-refractivity contribution in [3.63, 3.8) is 0 Å². The number of anilines is 1. The van der Waals surface area contributed by atoms with Crippen LogP contribution in [-0.2, 0) is 6.42 Å². The third kappa shape index (κ3) is 4.56. The summed E-state index contributed by atoms with van der Waals surface area (Å²) in [6.07, 6.45) is 3.60. The highest BCUT2D eigenvalue weighted by atomic mass is 32.1. The molecule has 112 valence electrons. The summed E-state index contributed by atoms with van der Waals surface area (Å²) in [4.78, 5) is 19.7. The van der Waals surface area contributed by atoms with E-state index in [-0.39, 0.29) is 5.91 Å². The molecule has 0 aliphatic heterocycles. The normalized spacial score (nSPS) is 10.4. The summed E-state index contributed by atoms with van der Waals surface area (Å²) in [7, 11) is 1.84. The average molecular weight is 303 g/mol. The molecule has 0 aromatic carbocycles. The van der Waals surface area contributed by atoms with Gasteiger partial charge in [-0.2, -0.15) is 0 Å². The number of hydrogen-bond donors (Lipinski definition) is 1. The van der Waals surface area contributed by atoms with Gasteiger partial charge in [-0.05, 0) is 36.4 Å². The van der Waals surface area contributed by atoms with Crippen LogP contribution in [0.1, 0.15) is 28.6 Å². The van der Waals surface area contributed by atoms with E-state index in [9.17, 15) is 4.79 Å². The average Bonchev–Trinajstić information content (AvgIpc) is 3.03. The lowest BCUT2D eigenvalue weighted by Crippen LogP contribution is -2.28.